The highest BCUT2D eigenvalue weighted by Crippen LogP contribution is 2.13. The minimum absolute atomic E-state index is 0.385. The number of hydrogen-bond donors (Lipinski definition) is 1. The van der Waals surface area contributed by atoms with Gasteiger partial charge in [0.1, 0.15) is 5.75 Å². The molecule has 0 spiro atoms. The number of nitrogens with zero attached hydrogens (tertiary/aromatic N) is 3. The summed E-state index contributed by atoms with van der Waals surface area (Å²) in [7, 11) is 0. The fourth-order valence-corrected chi connectivity index (χ4v) is 1.95. The summed E-state index contributed by atoms with van der Waals surface area (Å²) < 4.78 is 7.28. The first-order valence-electron chi connectivity index (χ1n) is 7.27. The summed E-state index contributed by atoms with van der Waals surface area (Å²) in [6, 6.07) is 7.86. The van der Waals surface area contributed by atoms with Gasteiger partial charge >= 0.3 is 0 Å². The highest BCUT2D eigenvalue weighted by molar-refractivity contribution is 5.80. The molecule has 1 aromatic heterocycles. The largest absolute Gasteiger partial charge is 0.494 e. The summed E-state index contributed by atoms with van der Waals surface area (Å²) in [5, 5.41) is 4.30. The van der Waals surface area contributed by atoms with Crippen LogP contribution in [0.15, 0.2) is 35.6 Å². The molecule has 0 aliphatic carbocycles. The van der Waals surface area contributed by atoms with Crippen molar-refractivity contribution in [3.8, 4) is 5.75 Å². The highest BCUT2D eigenvalue weighted by atomic mass is 16.5. The molecule has 0 bridgehead atoms. The highest BCUT2D eigenvalue weighted by Gasteiger charge is 1.99. The number of aryl methyl sites for hydroxylation is 1. The summed E-state index contributed by atoms with van der Waals surface area (Å²) in [4.78, 5) is 4.10. The third kappa shape index (κ3) is 4.63. The second-order valence-corrected chi connectivity index (χ2v) is 4.96. The molecule has 0 atom stereocenters. The molecule has 0 amide bonds. The predicted octanol–water partition coefficient (Wildman–Crippen LogP) is 3.22. The van der Waals surface area contributed by atoms with E-state index < -0.39 is 0 Å². The number of ether oxygens (including phenoxy) is 1. The average molecular weight is 286 g/mol. The number of hydrogen-bond acceptors (Lipinski definition) is 4. The van der Waals surface area contributed by atoms with Crippen molar-refractivity contribution in [2.24, 2.45) is 5.10 Å². The lowest BCUT2D eigenvalue weighted by molar-refractivity contribution is 0.306. The Morgan fingerprint density at radius 3 is 2.95 bits per heavy atom. The number of unbranched alkanes of at least 4 members (excludes halogenated alkanes) is 2. The van der Waals surface area contributed by atoms with Gasteiger partial charge in [-0.15, -0.1) is 0 Å². The van der Waals surface area contributed by atoms with Crippen molar-refractivity contribution in [2.75, 3.05) is 12.3 Å². The van der Waals surface area contributed by atoms with Crippen molar-refractivity contribution in [1.29, 1.82) is 0 Å². The van der Waals surface area contributed by atoms with E-state index in [0.717, 1.165) is 30.0 Å². The summed E-state index contributed by atoms with van der Waals surface area (Å²) in [5.74, 6) is 1.25. The zero-order chi connectivity index (χ0) is 15.1. The first-order chi connectivity index (χ1) is 10.2. The zero-order valence-corrected chi connectivity index (χ0v) is 12.6. The van der Waals surface area contributed by atoms with E-state index in [1.54, 1.807) is 17.1 Å². The van der Waals surface area contributed by atoms with Crippen molar-refractivity contribution in [2.45, 2.75) is 33.1 Å². The Kier molecular flexibility index (Phi) is 5.37. The lowest BCUT2D eigenvalue weighted by Gasteiger charge is -2.06. The predicted molar refractivity (Wildman–Crippen MR) is 85.8 cm³/mol. The van der Waals surface area contributed by atoms with Gasteiger partial charge in [0, 0.05) is 0 Å². The van der Waals surface area contributed by atoms with E-state index >= 15 is 0 Å². The number of anilines is 1. The van der Waals surface area contributed by atoms with Gasteiger partial charge in [-0.3, -0.25) is 0 Å². The summed E-state index contributed by atoms with van der Waals surface area (Å²) in [6.45, 7) is 4.82. The van der Waals surface area contributed by atoms with Crippen molar-refractivity contribution >= 4 is 12.2 Å². The van der Waals surface area contributed by atoms with Crippen molar-refractivity contribution < 1.29 is 4.74 Å². The van der Waals surface area contributed by atoms with Crippen LogP contribution in [-0.4, -0.2) is 22.5 Å². The van der Waals surface area contributed by atoms with E-state index in [2.05, 4.69) is 17.0 Å². The average Bonchev–Trinajstić information content (AvgIpc) is 2.80. The molecule has 21 heavy (non-hydrogen) atoms. The molecule has 2 N–H and O–H groups in total. The molecule has 2 rings (SSSR count). The van der Waals surface area contributed by atoms with Crippen LogP contribution >= 0.6 is 0 Å². The van der Waals surface area contributed by atoms with Gasteiger partial charge in [-0.1, -0.05) is 31.9 Å². The number of nitrogen functional groups attached to an aromatic ring is 1. The number of imidazole rings is 1. The van der Waals surface area contributed by atoms with Gasteiger partial charge < -0.3 is 10.5 Å². The van der Waals surface area contributed by atoms with Gasteiger partial charge in [0.2, 0.25) is 5.95 Å². The zero-order valence-electron chi connectivity index (χ0n) is 12.6. The second-order valence-electron chi connectivity index (χ2n) is 4.96. The van der Waals surface area contributed by atoms with E-state index in [1.165, 1.54) is 12.8 Å². The van der Waals surface area contributed by atoms with E-state index in [9.17, 15) is 0 Å². The summed E-state index contributed by atoms with van der Waals surface area (Å²) in [6.07, 6.45) is 7.01. The standard InChI is InChI=1S/C16H22N4O/c1-3-4-5-9-21-15-8-6-7-14(10-15)11-18-20-12-13(2)19-16(20)17/h6-8,10-12H,3-5,9H2,1-2H3,(H2,17,19). The molecule has 0 radical (unpaired) electrons. The Hall–Kier alpha value is -2.30. The fourth-order valence-electron chi connectivity index (χ4n) is 1.95. The Labute approximate surface area is 125 Å². The van der Waals surface area contributed by atoms with E-state index in [0.29, 0.717) is 5.95 Å². The maximum atomic E-state index is 5.74. The first-order valence-corrected chi connectivity index (χ1v) is 7.27. The third-order valence-electron chi connectivity index (χ3n) is 3.04. The van der Waals surface area contributed by atoms with Crippen LogP contribution in [0.4, 0.5) is 5.95 Å². The maximum absolute atomic E-state index is 5.74. The van der Waals surface area contributed by atoms with Crippen LogP contribution in [0.3, 0.4) is 0 Å². The molecule has 0 aliphatic heterocycles. The second kappa shape index (κ2) is 7.47. The van der Waals surface area contributed by atoms with Gasteiger partial charge in [-0.25, -0.2) is 9.66 Å². The van der Waals surface area contributed by atoms with Crippen LogP contribution in [0.1, 0.15) is 37.4 Å². The van der Waals surface area contributed by atoms with E-state index in [-0.39, 0.29) is 0 Å². The van der Waals surface area contributed by atoms with Gasteiger partial charge in [-0.2, -0.15) is 5.10 Å². The monoisotopic (exact) mass is 286 g/mol. The molecular weight excluding hydrogens is 264 g/mol. The first kappa shape index (κ1) is 15.1. The van der Waals surface area contributed by atoms with Crippen molar-refractivity contribution in [3.05, 3.63) is 41.7 Å². The van der Waals surface area contributed by atoms with Crippen molar-refractivity contribution in [3.63, 3.8) is 0 Å². The molecule has 0 unspecified atom stereocenters. The smallest absolute Gasteiger partial charge is 0.221 e. The third-order valence-corrected chi connectivity index (χ3v) is 3.04. The van der Waals surface area contributed by atoms with Crippen LogP contribution in [0.5, 0.6) is 5.75 Å². The molecule has 1 heterocycles. The molecule has 5 nitrogen and oxygen atoms in total. The quantitative estimate of drug-likeness (QED) is 0.627. The summed E-state index contributed by atoms with van der Waals surface area (Å²) in [5.41, 5.74) is 7.55. The molecule has 2 aromatic rings. The molecule has 1 aromatic carbocycles. The van der Waals surface area contributed by atoms with Crippen molar-refractivity contribution in [1.82, 2.24) is 9.66 Å². The normalized spacial score (nSPS) is 11.1. The number of benzene rings is 1. The van der Waals surface area contributed by atoms with Gasteiger partial charge in [0.15, 0.2) is 0 Å². The minimum Gasteiger partial charge on any atom is -0.494 e. The van der Waals surface area contributed by atoms with Crippen LogP contribution in [-0.2, 0) is 0 Å². The fraction of sp³-hybridized carbons (Fsp3) is 0.375. The molecule has 0 saturated carbocycles. The maximum Gasteiger partial charge on any atom is 0.221 e. The summed E-state index contributed by atoms with van der Waals surface area (Å²) >= 11 is 0. The lowest BCUT2D eigenvalue weighted by atomic mass is 10.2. The lowest BCUT2D eigenvalue weighted by Crippen LogP contribution is -1.98. The van der Waals surface area contributed by atoms with Crippen LogP contribution in [0, 0.1) is 6.92 Å². The Balaban J connectivity index is 1.99. The Morgan fingerprint density at radius 2 is 2.24 bits per heavy atom. The van der Waals surface area contributed by atoms with Crippen LogP contribution < -0.4 is 10.5 Å². The topological polar surface area (TPSA) is 65.4 Å². The SMILES string of the molecule is CCCCCOc1cccc(C=Nn2cc(C)nc2N)c1. The number of nitrogens with two attached hydrogens (primary N) is 1. The molecule has 0 fully saturated rings. The molecule has 0 saturated heterocycles. The van der Waals surface area contributed by atoms with E-state index in [1.807, 2.05) is 31.2 Å². The molecule has 5 heteroatoms. The number of rotatable bonds is 7. The minimum atomic E-state index is 0.385. The van der Waals surface area contributed by atoms with Gasteiger partial charge in [0.05, 0.1) is 24.7 Å². The number of aromatic nitrogens is 2. The molecular formula is C16H22N4O. The van der Waals surface area contributed by atoms with Gasteiger partial charge in [-0.05, 0) is 31.0 Å². The van der Waals surface area contributed by atoms with Crippen LogP contribution in [0.2, 0.25) is 0 Å². The molecule has 112 valence electrons. The Morgan fingerprint density at radius 1 is 1.38 bits per heavy atom. The van der Waals surface area contributed by atoms with Gasteiger partial charge in [0.25, 0.3) is 0 Å². The van der Waals surface area contributed by atoms with Crippen LogP contribution in [0.25, 0.3) is 0 Å². The molecule has 0 aliphatic rings. The van der Waals surface area contributed by atoms with E-state index in [4.69, 9.17) is 10.5 Å². The Bertz CT molecular complexity index is 604.